The molecule has 1 unspecified atom stereocenters. The van der Waals surface area contributed by atoms with Crippen LogP contribution >= 0.6 is 0 Å². The molecule has 3 rings (SSSR count). The predicted molar refractivity (Wildman–Crippen MR) is 113 cm³/mol. The SMILES string of the molecule is CC(C)c1ccc(C(C)NC(=O)c2cccn(Cc3ccccc3)c2=O)cc1. The van der Waals surface area contributed by atoms with Gasteiger partial charge >= 0.3 is 0 Å². The predicted octanol–water partition coefficient (Wildman–Crippen LogP) is 4.51. The highest BCUT2D eigenvalue weighted by molar-refractivity contribution is 5.94. The molecule has 2 aromatic carbocycles. The lowest BCUT2D eigenvalue weighted by Crippen LogP contribution is -2.34. The Morgan fingerprint density at radius 1 is 0.893 bits per heavy atom. The lowest BCUT2D eigenvalue weighted by Gasteiger charge is -2.16. The summed E-state index contributed by atoms with van der Waals surface area (Å²) >= 11 is 0. The maximum Gasteiger partial charge on any atom is 0.263 e. The third kappa shape index (κ3) is 4.58. The molecular weight excluding hydrogens is 348 g/mol. The van der Waals surface area contributed by atoms with Crippen LogP contribution in [0.4, 0.5) is 0 Å². The van der Waals surface area contributed by atoms with Crippen molar-refractivity contribution in [3.05, 3.63) is 106 Å². The van der Waals surface area contributed by atoms with E-state index in [4.69, 9.17) is 0 Å². The van der Waals surface area contributed by atoms with E-state index in [0.717, 1.165) is 11.1 Å². The fourth-order valence-electron chi connectivity index (χ4n) is 3.14. The van der Waals surface area contributed by atoms with Gasteiger partial charge in [0.05, 0.1) is 12.6 Å². The molecule has 1 atom stereocenters. The largest absolute Gasteiger partial charge is 0.345 e. The minimum Gasteiger partial charge on any atom is -0.345 e. The Balaban J connectivity index is 1.75. The molecule has 3 aromatic rings. The lowest BCUT2D eigenvalue weighted by molar-refractivity contribution is 0.0937. The van der Waals surface area contributed by atoms with Crippen molar-refractivity contribution in [2.24, 2.45) is 0 Å². The first-order valence-electron chi connectivity index (χ1n) is 9.60. The summed E-state index contributed by atoms with van der Waals surface area (Å²) in [5.41, 5.74) is 3.16. The van der Waals surface area contributed by atoms with Crippen LogP contribution in [0.5, 0.6) is 0 Å². The van der Waals surface area contributed by atoms with E-state index in [1.165, 1.54) is 5.56 Å². The number of carbonyl (C=O) groups excluding carboxylic acids is 1. The minimum absolute atomic E-state index is 0.157. The summed E-state index contributed by atoms with van der Waals surface area (Å²) in [6, 6.07) is 21.1. The number of amides is 1. The van der Waals surface area contributed by atoms with Crippen molar-refractivity contribution in [1.29, 1.82) is 0 Å². The molecule has 0 aliphatic heterocycles. The Morgan fingerprint density at radius 3 is 2.18 bits per heavy atom. The molecule has 1 heterocycles. The Hall–Kier alpha value is -3.14. The van der Waals surface area contributed by atoms with Crippen LogP contribution in [0.15, 0.2) is 77.7 Å². The number of hydrogen-bond donors (Lipinski definition) is 1. The molecule has 0 aliphatic carbocycles. The number of benzene rings is 2. The summed E-state index contributed by atoms with van der Waals surface area (Å²) in [6.45, 7) is 6.66. The zero-order chi connectivity index (χ0) is 20.1. The third-order valence-electron chi connectivity index (χ3n) is 4.91. The Labute approximate surface area is 165 Å². The van der Waals surface area contributed by atoms with Crippen LogP contribution in [0.2, 0.25) is 0 Å². The lowest BCUT2D eigenvalue weighted by atomic mass is 9.99. The molecule has 1 aromatic heterocycles. The topological polar surface area (TPSA) is 51.1 Å². The van der Waals surface area contributed by atoms with Crippen molar-refractivity contribution >= 4 is 5.91 Å². The average molecular weight is 374 g/mol. The molecular formula is C24H26N2O2. The molecule has 0 radical (unpaired) electrons. The van der Waals surface area contributed by atoms with Gasteiger partial charge in [-0.25, -0.2) is 0 Å². The van der Waals surface area contributed by atoms with Gasteiger partial charge in [0.15, 0.2) is 0 Å². The zero-order valence-electron chi connectivity index (χ0n) is 16.6. The van der Waals surface area contributed by atoms with Gasteiger partial charge in [0.2, 0.25) is 0 Å². The standard InChI is InChI=1S/C24H26N2O2/c1-17(2)20-11-13-21(14-12-20)18(3)25-23(27)22-10-7-15-26(24(22)28)16-19-8-5-4-6-9-19/h4-15,17-18H,16H2,1-3H3,(H,25,27). The molecule has 0 saturated heterocycles. The van der Waals surface area contributed by atoms with E-state index in [1.54, 1.807) is 22.9 Å². The van der Waals surface area contributed by atoms with Crippen LogP contribution in [0.25, 0.3) is 0 Å². The molecule has 0 spiro atoms. The van der Waals surface area contributed by atoms with Crippen molar-refractivity contribution in [2.75, 3.05) is 0 Å². The summed E-state index contributed by atoms with van der Waals surface area (Å²) in [6.07, 6.45) is 1.71. The van der Waals surface area contributed by atoms with E-state index >= 15 is 0 Å². The van der Waals surface area contributed by atoms with E-state index in [-0.39, 0.29) is 23.1 Å². The molecule has 0 fully saturated rings. The maximum atomic E-state index is 12.8. The van der Waals surface area contributed by atoms with Crippen LogP contribution in [-0.4, -0.2) is 10.5 Å². The van der Waals surface area contributed by atoms with Gasteiger partial charge in [-0.2, -0.15) is 0 Å². The van der Waals surface area contributed by atoms with Crippen LogP contribution in [-0.2, 0) is 6.54 Å². The zero-order valence-corrected chi connectivity index (χ0v) is 16.6. The third-order valence-corrected chi connectivity index (χ3v) is 4.91. The molecule has 1 amide bonds. The second-order valence-electron chi connectivity index (χ2n) is 7.36. The summed E-state index contributed by atoms with van der Waals surface area (Å²) in [5.74, 6) is 0.110. The number of nitrogens with zero attached hydrogens (tertiary/aromatic N) is 1. The van der Waals surface area contributed by atoms with E-state index < -0.39 is 0 Å². The number of pyridine rings is 1. The van der Waals surface area contributed by atoms with E-state index in [9.17, 15) is 9.59 Å². The number of nitrogens with one attached hydrogen (secondary N) is 1. The first-order chi connectivity index (χ1) is 13.5. The Kier molecular flexibility index (Phi) is 6.09. The highest BCUT2D eigenvalue weighted by Gasteiger charge is 2.16. The van der Waals surface area contributed by atoms with Crippen molar-refractivity contribution in [3.63, 3.8) is 0 Å². The van der Waals surface area contributed by atoms with Crippen LogP contribution in [0.1, 0.15) is 59.8 Å². The molecule has 28 heavy (non-hydrogen) atoms. The fraction of sp³-hybridized carbons (Fsp3) is 0.250. The second kappa shape index (κ2) is 8.70. The van der Waals surface area contributed by atoms with Crippen molar-refractivity contribution < 1.29 is 4.79 Å². The van der Waals surface area contributed by atoms with Crippen molar-refractivity contribution in [2.45, 2.75) is 39.3 Å². The van der Waals surface area contributed by atoms with Gasteiger partial charge in [0, 0.05) is 6.20 Å². The van der Waals surface area contributed by atoms with Gasteiger partial charge in [-0.1, -0.05) is 68.4 Å². The van der Waals surface area contributed by atoms with Crippen LogP contribution in [0.3, 0.4) is 0 Å². The molecule has 0 bridgehead atoms. The van der Waals surface area contributed by atoms with Gasteiger partial charge in [-0.15, -0.1) is 0 Å². The molecule has 144 valence electrons. The fourth-order valence-corrected chi connectivity index (χ4v) is 3.14. The van der Waals surface area contributed by atoms with Crippen molar-refractivity contribution in [3.8, 4) is 0 Å². The van der Waals surface area contributed by atoms with Gasteiger partial charge in [0.25, 0.3) is 11.5 Å². The van der Waals surface area contributed by atoms with E-state index in [2.05, 4.69) is 31.3 Å². The Morgan fingerprint density at radius 2 is 1.54 bits per heavy atom. The maximum absolute atomic E-state index is 12.8. The first-order valence-corrected chi connectivity index (χ1v) is 9.60. The summed E-state index contributed by atoms with van der Waals surface area (Å²) < 4.78 is 1.56. The average Bonchev–Trinajstić information content (AvgIpc) is 2.70. The summed E-state index contributed by atoms with van der Waals surface area (Å²) in [7, 11) is 0. The number of carbonyl (C=O) groups is 1. The first kappa shape index (κ1) is 19.6. The molecule has 1 N–H and O–H groups in total. The van der Waals surface area contributed by atoms with Gasteiger partial charge in [0.1, 0.15) is 5.56 Å². The van der Waals surface area contributed by atoms with Crippen LogP contribution < -0.4 is 10.9 Å². The molecule has 4 heteroatoms. The molecule has 0 aliphatic rings. The minimum atomic E-state index is -0.354. The van der Waals surface area contributed by atoms with Crippen LogP contribution in [0, 0.1) is 0 Å². The normalized spacial score (nSPS) is 12.0. The quantitative estimate of drug-likeness (QED) is 0.690. The number of hydrogen-bond acceptors (Lipinski definition) is 2. The Bertz CT molecular complexity index is 989. The van der Waals surface area contributed by atoms with Gasteiger partial charge in [-0.3, -0.25) is 9.59 Å². The highest BCUT2D eigenvalue weighted by Crippen LogP contribution is 2.18. The van der Waals surface area contributed by atoms with Crippen molar-refractivity contribution in [1.82, 2.24) is 9.88 Å². The molecule has 0 saturated carbocycles. The smallest absolute Gasteiger partial charge is 0.263 e. The van der Waals surface area contributed by atoms with E-state index in [1.807, 2.05) is 49.4 Å². The molecule has 4 nitrogen and oxygen atoms in total. The van der Waals surface area contributed by atoms with E-state index in [0.29, 0.717) is 12.5 Å². The van der Waals surface area contributed by atoms with Gasteiger partial charge < -0.3 is 9.88 Å². The van der Waals surface area contributed by atoms with Gasteiger partial charge in [-0.05, 0) is 41.7 Å². The second-order valence-corrected chi connectivity index (χ2v) is 7.36. The monoisotopic (exact) mass is 374 g/mol. The summed E-state index contributed by atoms with van der Waals surface area (Å²) in [4.78, 5) is 25.5. The number of aromatic nitrogens is 1. The summed E-state index contributed by atoms with van der Waals surface area (Å²) in [5, 5.41) is 2.94. The highest BCUT2D eigenvalue weighted by atomic mass is 16.2. The number of rotatable bonds is 6.